The zero-order valence-corrected chi connectivity index (χ0v) is 16.7. The fraction of sp³-hybridized carbons (Fsp3) is 0.318. The predicted octanol–water partition coefficient (Wildman–Crippen LogP) is 3.23. The number of benzene rings is 2. The Hall–Kier alpha value is -2.80. The molecule has 0 radical (unpaired) electrons. The molecule has 0 fully saturated rings. The number of para-hydroxylation sites is 1. The Labute approximate surface area is 173 Å². The number of fused-ring (bicyclic) bond motifs is 2. The largest absolute Gasteiger partial charge is 0.456 e. The summed E-state index contributed by atoms with van der Waals surface area (Å²) in [4.78, 5) is 37.5. The number of hydrogen-bond donors (Lipinski definition) is 2. The number of amides is 2. The number of esters is 1. The number of rotatable bonds is 5. The highest BCUT2D eigenvalue weighted by Crippen LogP contribution is 2.36. The van der Waals surface area contributed by atoms with E-state index in [9.17, 15) is 14.4 Å². The van der Waals surface area contributed by atoms with Gasteiger partial charge in [0, 0.05) is 4.90 Å². The first-order chi connectivity index (χ1) is 14.1. The molecule has 7 heteroatoms. The van der Waals surface area contributed by atoms with Crippen molar-refractivity contribution in [3.8, 4) is 0 Å². The van der Waals surface area contributed by atoms with Crippen molar-refractivity contribution in [3.63, 3.8) is 0 Å². The SMILES string of the molecule is O=C(COC(=O)C[C@H]1Sc2ccccc2NC1=O)N[C@@H]1CCCc2ccccc21. The van der Waals surface area contributed by atoms with Gasteiger partial charge < -0.3 is 15.4 Å². The number of aryl methyl sites for hydroxylation is 1. The zero-order chi connectivity index (χ0) is 20.2. The van der Waals surface area contributed by atoms with E-state index in [1.807, 2.05) is 42.5 Å². The van der Waals surface area contributed by atoms with Crippen LogP contribution in [0.25, 0.3) is 0 Å². The Morgan fingerprint density at radius 2 is 1.93 bits per heavy atom. The second-order valence-corrected chi connectivity index (χ2v) is 8.41. The third-order valence-corrected chi connectivity index (χ3v) is 6.40. The van der Waals surface area contributed by atoms with Crippen molar-refractivity contribution in [2.24, 2.45) is 0 Å². The molecule has 0 bridgehead atoms. The van der Waals surface area contributed by atoms with Crippen molar-refractivity contribution in [2.75, 3.05) is 11.9 Å². The maximum absolute atomic E-state index is 12.3. The summed E-state index contributed by atoms with van der Waals surface area (Å²) in [6, 6.07) is 15.5. The van der Waals surface area contributed by atoms with E-state index in [1.54, 1.807) is 0 Å². The Kier molecular flexibility index (Phi) is 5.85. The molecule has 2 aliphatic rings. The van der Waals surface area contributed by atoms with Crippen LogP contribution >= 0.6 is 11.8 Å². The fourth-order valence-corrected chi connectivity index (χ4v) is 4.82. The lowest BCUT2D eigenvalue weighted by atomic mass is 9.88. The summed E-state index contributed by atoms with van der Waals surface area (Å²) < 4.78 is 5.13. The van der Waals surface area contributed by atoms with E-state index in [1.165, 1.54) is 17.3 Å². The summed E-state index contributed by atoms with van der Waals surface area (Å²) in [5.74, 6) is -1.11. The van der Waals surface area contributed by atoms with Crippen molar-refractivity contribution >= 4 is 35.2 Å². The molecule has 1 heterocycles. The Morgan fingerprint density at radius 3 is 2.83 bits per heavy atom. The van der Waals surface area contributed by atoms with Gasteiger partial charge in [-0.25, -0.2) is 0 Å². The molecule has 2 N–H and O–H groups in total. The van der Waals surface area contributed by atoms with Crippen LogP contribution in [0.4, 0.5) is 5.69 Å². The van der Waals surface area contributed by atoms with Gasteiger partial charge in [-0.1, -0.05) is 36.4 Å². The first-order valence-electron chi connectivity index (χ1n) is 9.69. The molecule has 0 unspecified atom stereocenters. The highest BCUT2D eigenvalue weighted by Gasteiger charge is 2.29. The smallest absolute Gasteiger partial charge is 0.307 e. The van der Waals surface area contributed by atoms with Gasteiger partial charge in [-0.15, -0.1) is 11.8 Å². The second kappa shape index (κ2) is 8.69. The Balaban J connectivity index is 1.27. The lowest BCUT2D eigenvalue weighted by molar-refractivity contribution is -0.149. The minimum Gasteiger partial charge on any atom is -0.456 e. The quantitative estimate of drug-likeness (QED) is 0.740. The molecule has 4 rings (SSSR count). The lowest BCUT2D eigenvalue weighted by Crippen LogP contribution is -2.35. The molecule has 1 aliphatic heterocycles. The number of nitrogens with one attached hydrogen (secondary N) is 2. The van der Waals surface area contributed by atoms with Crippen molar-refractivity contribution in [1.29, 1.82) is 0 Å². The van der Waals surface area contributed by atoms with Gasteiger partial charge in [0.05, 0.1) is 23.4 Å². The summed E-state index contributed by atoms with van der Waals surface area (Å²) in [5, 5.41) is 5.19. The monoisotopic (exact) mass is 410 g/mol. The van der Waals surface area contributed by atoms with Gasteiger partial charge in [-0.05, 0) is 42.5 Å². The molecular formula is C22H22N2O4S. The molecule has 2 amide bonds. The Bertz CT molecular complexity index is 946. The van der Waals surface area contributed by atoms with Crippen LogP contribution in [-0.2, 0) is 25.5 Å². The van der Waals surface area contributed by atoms with Crippen LogP contribution in [0.2, 0.25) is 0 Å². The highest BCUT2D eigenvalue weighted by molar-refractivity contribution is 8.01. The number of thioether (sulfide) groups is 1. The van der Waals surface area contributed by atoms with E-state index in [0.717, 1.165) is 35.4 Å². The van der Waals surface area contributed by atoms with Crippen molar-refractivity contribution in [3.05, 3.63) is 59.7 Å². The average molecular weight is 410 g/mol. The number of anilines is 1. The van der Waals surface area contributed by atoms with E-state index in [2.05, 4.69) is 16.7 Å². The van der Waals surface area contributed by atoms with Gasteiger partial charge in [0.15, 0.2) is 6.61 Å². The summed E-state index contributed by atoms with van der Waals surface area (Å²) in [7, 11) is 0. The summed E-state index contributed by atoms with van der Waals surface area (Å²) >= 11 is 1.34. The number of ether oxygens (including phenoxy) is 1. The summed E-state index contributed by atoms with van der Waals surface area (Å²) in [5.41, 5.74) is 3.13. The van der Waals surface area contributed by atoms with Gasteiger partial charge >= 0.3 is 5.97 Å². The van der Waals surface area contributed by atoms with E-state index in [0.29, 0.717) is 0 Å². The molecule has 2 atom stereocenters. The van der Waals surface area contributed by atoms with Crippen molar-refractivity contribution < 1.29 is 19.1 Å². The van der Waals surface area contributed by atoms with E-state index >= 15 is 0 Å². The van der Waals surface area contributed by atoms with Gasteiger partial charge in [0.2, 0.25) is 5.91 Å². The molecule has 150 valence electrons. The van der Waals surface area contributed by atoms with Crippen LogP contribution in [-0.4, -0.2) is 29.6 Å². The van der Waals surface area contributed by atoms with Crippen LogP contribution in [0.3, 0.4) is 0 Å². The predicted molar refractivity (Wildman–Crippen MR) is 111 cm³/mol. The zero-order valence-electron chi connectivity index (χ0n) is 15.9. The van der Waals surface area contributed by atoms with Gasteiger partial charge in [0.25, 0.3) is 5.91 Å². The molecule has 6 nitrogen and oxygen atoms in total. The Morgan fingerprint density at radius 1 is 1.14 bits per heavy atom. The van der Waals surface area contributed by atoms with E-state index in [4.69, 9.17) is 4.74 Å². The van der Waals surface area contributed by atoms with Crippen LogP contribution < -0.4 is 10.6 Å². The average Bonchev–Trinajstić information content (AvgIpc) is 2.73. The van der Waals surface area contributed by atoms with Crippen LogP contribution in [0, 0.1) is 0 Å². The third kappa shape index (κ3) is 4.62. The minimum atomic E-state index is -0.564. The highest BCUT2D eigenvalue weighted by atomic mass is 32.2. The molecular weight excluding hydrogens is 388 g/mol. The van der Waals surface area contributed by atoms with Gasteiger partial charge in [0.1, 0.15) is 0 Å². The summed E-state index contributed by atoms with van der Waals surface area (Å²) in [6.07, 6.45) is 2.82. The summed E-state index contributed by atoms with van der Waals surface area (Å²) in [6.45, 7) is -0.340. The third-order valence-electron chi connectivity index (χ3n) is 5.13. The fourth-order valence-electron chi connectivity index (χ4n) is 3.72. The number of carbonyl (C=O) groups is 3. The van der Waals surface area contributed by atoms with Crippen LogP contribution in [0.1, 0.15) is 36.4 Å². The maximum Gasteiger partial charge on any atom is 0.307 e. The molecule has 0 aromatic heterocycles. The normalized spacial score (nSPS) is 20.1. The molecule has 0 spiro atoms. The number of carbonyl (C=O) groups excluding carboxylic acids is 3. The van der Waals surface area contributed by atoms with Gasteiger partial charge in [-0.2, -0.15) is 0 Å². The second-order valence-electron chi connectivity index (χ2n) is 7.17. The van der Waals surface area contributed by atoms with Crippen LogP contribution in [0.15, 0.2) is 53.4 Å². The molecule has 1 aliphatic carbocycles. The standard InChI is InChI=1S/C22H22N2O4S/c25-20(23-16-10-5-7-14-6-1-2-8-15(14)16)13-28-21(26)12-19-22(27)24-17-9-3-4-11-18(17)29-19/h1-4,6,8-9,11,16,19H,5,7,10,12-13H2,(H,23,25)(H,24,27)/t16-,19-/m1/s1. The first kappa shape index (κ1) is 19.5. The molecule has 0 saturated carbocycles. The molecule has 29 heavy (non-hydrogen) atoms. The van der Waals surface area contributed by atoms with Gasteiger partial charge in [-0.3, -0.25) is 14.4 Å². The molecule has 2 aromatic rings. The van der Waals surface area contributed by atoms with E-state index < -0.39 is 11.2 Å². The molecule has 0 saturated heterocycles. The minimum absolute atomic E-state index is 0.0534. The van der Waals surface area contributed by atoms with E-state index in [-0.39, 0.29) is 30.9 Å². The van der Waals surface area contributed by atoms with Crippen molar-refractivity contribution in [1.82, 2.24) is 5.32 Å². The molecule has 2 aromatic carbocycles. The lowest BCUT2D eigenvalue weighted by Gasteiger charge is -2.26. The van der Waals surface area contributed by atoms with Crippen LogP contribution in [0.5, 0.6) is 0 Å². The maximum atomic E-state index is 12.3. The van der Waals surface area contributed by atoms with Crippen molar-refractivity contribution in [2.45, 2.75) is 41.9 Å². The topological polar surface area (TPSA) is 84.5 Å². The first-order valence-corrected chi connectivity index (χ1v) is 10.6. The number of hydrogen-bond acceptors (Lipinski definition) is 5.